The molecule has 1 N–H and O–H groups in total. The lowest BCUT2D eigenvalue weighted by Gasteiger charge is -2.15. The van der Waals surface area contributed by atoms with E-state index < -0.39 is 24.6 Å². The first-order valence-electron chi connectivity index (χ1n) is 9.50. The molecule has 7 nitrogen and oxygen atoms in total. The van der Waals surface area contributed by atoms with E-state index >= 15 is 0 Å². The van der Waals surface area contributed by atoms with Crippen LogP contribution in [0.4, 0.5) is 5.69 Å². The molecular weight excluding hydrogens is 396 g/mol. The van der Waals surface area contributed by atoms with Crippen molar-refractivity contribution in [3.05, 3.63) is 84.4 Å². The van der Waals surface area contributed by atoms with Gasteiger partial charge in [0.25, 0.3) is 5.91 Å². The Morgan fingerprint density at radius 1 is 0.935 bits per heavy atom. The number of hydrogen-bond acceptors (Lipinski definition) is 6. The summed E-state index contributed by atoms with van der Waals surface area (Å²) in [5.41, 5.74) is 0.935. The van der Waals surface area contributed by atoms with Gasteiger partial charge in [-0.15, -0.1) is 0 Å². The summed E-state index contributed by atoms with van der Waals surface area (Å²) in [6.07, 6.45) is -0.922. The molecule has 156 valence electrons. The summed E-state index contributed by atoms with van der Waals surface area (Å²) in [5, 5.41) is 11.5. The number of carbonyl (C=O) groups is 2. The summed E-state index contributed by atoms with van der Waals surface area (Å²) in [5.74, 6) is 0.312. The minimum atomic E-state index is -0.922. The number of nitrogens with one attached hydrogen (secondary N) is 1. The van der Waals surface area contributed by atoms with Gasteiger partial charge in [0, 0.05) is 0 Å². The molecular formula is C24H20N2O5. The summed E-state index contributed by atoms with van der Waals surface area (Å²) in [6.45, 7) is 1.04. The Morgan fingerprint density at radius 3 is 2.32 bits per heavy atom. The maximum Gasteiger partial charge on any atom is 0.347 e. The van der Waals surface area contributed by atoms with Crippen LogP contribution in [0.15, 0.2) is 78.9 Å². The van der Waals surface area contributed by atoms with E-state index in [0.29, 0.717) is 28.5 Å². The molecule has 3 rings (SSSR count). The molecule has 1 atom stereocenters. The summed E-state index contributed by atoms with van der Waals surface area (Å²) in [7, 11) is 0. The average Bonchev–Trinajstić information content (AvgIpc) is 2.80. The van der Waals surface area contributed by atoms with Crippen LogP contribution >= 0.6 is 0 Å². The number of benzene rings is 3. The van der Waals surface area contributed by atoms with Gasteiger partial charge in [0.1, 0.15) is 11.5 Å². The second kappa shape index (κ2) is 10.5. The lowest BCUT2D eigenvalue weighted by atomic mass is 10.2. The standard InChI is InChI=1S/C24H20N2O5/c1-17(30-20-13-11-18(15-25)12-14-20)24(28)29-16-23(27)26-21-9-5-6-10-22(21)31-19-7-3-2-4-8-19/h2-14,17H,16H2,1H3,(H,26,27)/t17-/m0/s1. The third-order valence-electron chi connectivity index (χ3n) is 4.11. The van der Waals surface area contributed by atoms with Crippen molar-refractivity contribution in [3.8, 4) is 23.3 Å². The fraction of sp³-hybridized carbons (Fsp3) is 0.125. The zero-order valence-corrected chi connectivity index (χ0v) is 16.8. The Hall–Kier alpha value is -4.31. The molecule has 0 aromatic heterocycles. The Bertz CT molecular complexity index is 1080. The smallest absolute Gasteiger partial charge is 0.347 e. The number of nitriles is 1. The number of esters is 1. The van der Waals surface area contributed by atoms with Crippen molar-refractivity contribution in [2.45, 2.75) is 13.0 Å². The number of nitrogens with zero attached hydrogens (tertiary/aromatic N) is 1. The number of ether oxygens (including phenoxy) is 3. The molecule has 0 unspecified atom stereocenters. The van der Waals surface area contributed by atoms with Crippen molar-refractivity contribution in [3.63, 3.8) is 0 Å². The van der Waals surface area contributed by atoms with Crippen LogP contribution in [0.2, 0.25) is 0 Å². The van der Waals surface area contributed by atoms with E-state index in [-0.39, 0.29) is 0 Å². The number of anilines is 1. The van der Waals surface area contributed by atoms with Gasteiger partial charge in [-0.1, -0.05) is 30.3 Å². The van der Waals surface area contributed by atoms with Gasteiger partial charge in [0.15, 0.2) is 18.5 Å². The fourth-order valence-corrected chi connectivity index (χ4v) is 2.58. The minimum Gasteiger partial charge on any atom is -0.479 e. The number of hydrogen-bond donors (Lipinski definition) is 1. The van der Waals surface area contributed by atoms with E-state index in [2.05, 4.69) is 5.32 Å². The van der Waals surface area contributed by atoms with Gasteiger partial charge in [0.2, 0.25) is 0 Å². The molecule has 7 heteroatoms. The summed E-state index contributed by atoms with van der Waals surface area (Å²) < 4.78 is 16.3. The molecule has 31 heavy (non-hydrogen) atoms. The van der Waals surface area contributed by atoms with Gasteiger partial charge >= 0.3 is 5.97 Å². The van der Waals surface area contributed by atoms with Crippen LogP contribution in [0.3, 0.4) is 0 Å². The molecule has 0 fully saturated rings. The van der Waals surface area contributed by atoms with Crippen LogP contribution in [0, 0.1) is 11.3 Å². The zero-order chi connectivity index (χ0) is 22.1. The normalized spacial score (nSPS) is 11.0. The lowest BCUT2D eigenvalue weighted by molar-refractivity contribution is -0.153. The predicted molar refractivity (Wildman–Crippen MR) is 114 cm³/mol. The van der Waals surface area contributed by atoms with Crippen LogP contribution in [0.5, 0.6) is 17.2 Å². The maximum absolute atomic E-state index is 12.3. The summed E-state index contributed by atoms with van der Waals surface area (Å²) in [4.78, 5) is 24.4. The van der Waals surface area contributed by atoms with Gasteiger partial charge in [-0.25, -0.2) is 4.79 Å². The van der Waals surface area contributed by atoms with Gasteiger partial charge in [-0.05, 0) is 55.5 Å². The van der Waals surface area contributed by atoms with Gasteiger partial charge in [0.05, 0.1) is 17.3 Å². The van der Waals surface area contributed by atoms with Crippen molar-refractivity contribution >= 4 is 17.6 Å². The van der Waals surface area contributed by atoms with Crippen LogP contribution in [0.25, 0.3) is 0 Å². The minimum absolute atomic E-state index is 0.417. The van der Waals surface area contributed by atoms with Crippen molar-refractivity contribution in [2.24, 2.45) is 0 Å². The molecule has 0 saturated heterocycles. The van der Waals surface area contributed by atoms with Gasteiger partial charge in [-0.2, -0.15) is 5.26 Å². The second-order valence-electron chi connectivity index (χ2n) is 6.46. The molecule has 0 heterocycles. The van der Waals surface area contributed by atoms with Crippen LogP contribution in [-0.4, -0.2) is 24.6 Å². The summed E-state index contributed by atoms with van der Waals surface area (Å²) >= 11 is 0. The molecule has 3 aromatic rings. The molecule has 3 aromatic carbocycles. The topological polar surface area (TPSA) is 97.6 Å². The first-order chi connectivity index (χ1) is 15.0. The molecule has 0 aliphatic rings. The van der Waals surface area contributed by atoms with E-state index in [9.17, 15) is 9.59 Å². The molecule has 0 saturated carbocycles. The van der Waals surface area contributed by atoms with Crippen molar-refractivity contribution in [1.82, 2.24) is 0 Å². The van der Waals surface area contributed by atoms with Crippen molar-refractivity contribution in [1.29, 1.82) is 5.26 Å². The van der Waals surface area contributed by atoms with E-state index in [1.165, 1.54) is 6.92 Å². The highest BCUT2D eigenvalue weighted by Gasteiger charge is 2.18. The SMILES string of the molecule is C[C@H](Oc1ccc(C#N)cc1)C(=O)OCC(=O)Nc1ccccc1Oc1ccccc1. The first-order valence-corrected chi connectivity index (χ1v) is 9.50. The number of para-hydroxylation sites is 3. The third-order valence-corrected chi connectivity index (χ3v) is 4.11. The van der Waals surface area contributed by atoms with Gasteiger partial charge < -0.3 is 19.5 Å². The highest BCUT2D eigenvalue weighted by atomic mass is 16.6. The highest BCUT2D eigenvalue weighted by molar-refractivity contribution is 5.94. The third kappa shape index (κ3) is 6.34. The van der Waals surface area contributed by atoms with E-state index in [1.807, 2.05) is 24.3 Å². The second-order valence-corrected chi connectivity index (χ2v) is 6.46. The number of carbonyl (C=O) groups excluding carboxylic acids is 2. The van der Waals surface area contributed by atoms with Crippen LogP contribution in [-0.2, 0) is 14.3 Å². The summed E-state index contributed by atoms with van der Waals surface area (Å²) in [6, 6.07) is 24.4. The van der Waals surface area contributed by atoms with Crippen LogP contribution < -0.4 is 14.8 Å². The maximum atomic E-state index is 12.3. The van der Waals surface area contributed by atoms with E-state index in [0.717, 1.165) is 0 Å². The Morgan fingerprint density at radius 2 is 1.61 bits per heavy atom. The van der Waals surface area contributed by atoms with E-state index in [4.69, 9.17) is 19.5 Å². The molecule has 0 radical (unpaired) electrons. The zero-order valence-electron chi connectivity index (χ0n) is 16.8. The Kier molecular flexibility index (Phi) is 7.22. The largest absolute Gasteiger partial charge is 0.479 e. The molecule has 0 aliphatic heterocycles. The molecule has 0 bridgehead atoms. The van der Waals surface area contributed by atoms with Crippen molar-refractivity contribution in [2.75, 3.05) is 11.9 Å². The Balaban J connectivity index is 1.51. The van der Waals surface area contributed by atoms with Crippen molar-refractivity contribution < 1.29 is 23.8 Å². The molecule has 1 amide bonds. The fourth-order valence-electron chi connectivity index (χ4n) is 2.58. The number of rotatable bonds is 8. The Labute approximate surface area is 179 Å². The first kappa shape index (κ1) is 21.4. The lowest BCUT2D eigenvalue weighted by Crippen LogP contribution is -2.29. The van der Waals surface area contributed by atoms with Crippen LogP contribution in [0.1, 0.15) is 12.5 Å². The predicted octanol–water partition coefficient (Wildman–Crippen LogP) is 4.30. The number of amides is 1. The van der Waals surface area contributed by atoms with Gasteiger partial charge in [-0.3, -0.25) is 4.79 Å². The highest BCUT2D eigenvalue weighted by Crippen LogP contribution is 2.29. The average molecular weight is 416 g/mol. The monoisotopic (exact) mass is 416 g/mol. The molecule has 0 aliphatic carbocycles. The quantitative estimate of drug-likeness (QED) is 0.550. The molecule has 0 spiro atoms. The van der Waals surface area contributed by atoms with E-state index in [1.54, 1.807) is 60.7 Å².